The maximum absolute atomic E-state index is 12.3. The molecule has 3 heterocycles. The lowest BCUT2D eigenvalue weighted by atomic mass is 9.87. The number of aromatic hydroxyl groups is 1. The summed E-state index contributed by atoms with van der Waals surface area (Å²) in [7, 11) is 1.51. The molecular formula is C18H17N3O3S. The summed E-state index contributed by atoms with van der Waals surface area (Å²) in [6.45, 7) is 0.624. The Balaban J connectivity index is 1.73. The first kappa shape index (κ1) is 15.7. The van der Waals surface area contributed by atoms with Gasteiger partial charge >= 0.3 is 0 Å². The van der Waals surface area contributed by atoms with Crippen LogP contribution in [0.2, 0.25) is 0 Å². The zero-order chi connectivity index (χ0) is 17.4. The monoisotopic (exact) mass is 355 g/mol. The molecule has 128 valence electrons. The number of phenolic OH excluding ortho intramolecular Hbond substituents is 1. The van der Waals surface area contributed by atoms with Gasteiger partial charge < -0.3 is 15.2 Å². The second-order valence-electron chi connectivity index (χ2n) is 5.92. The Labute approximate surface area is 148 Å². The van der Waals surface area contributed by atoms with E-state index in [1.54, 1.807) is 23.5 Å². The molecule has 0 saturated heterocycles. The summed E-state index contributed by atoms with van der Waals surface area (Å²) in [5.41, 5.74) is 1.89. The van der Waals surface area contributed by atoms with Gasteiger partial charge in [0.2, 0.25) is 5.91 Å². The van der Waals surface area contributed by atoms with Crippen molar-refractivity contribution in [2.45, 2.75) is 18.9 Å². The molecular weight excluding hydrogens is 338 g/mol. The highest BCUT2D eigenvalue weighted by Gasteiger charge is 2.30. The van der Waals surface area contributed by atoms with Gasteiger partial charge in [0.1, 0.15) is 5.82 Å². The van der Waals surface area contributed by atoms with Crippen LogP contribution in [0.25, 0.3) is 0 Å². The average molecular weight is 355 g/mol. The summed E-state index contributed by atoms with van der Waals surface area (Å²) in [6.07, 6.45) is 2.15. The molecule has 7 heteroatoms. The smallest absolute Gasteiger partial charge is 0.226 e. The highest BCUT2D eigenvalue weighted by atomic mass is 32.1. The van der Waals surface area contributed by atoms with Crippen molar-refractivity contribution in [3.05, 3.63) is 57.9 Å². The lowest BCUT2D eigenvalue weighted by Gasteiger charge is -2.24. The maximum Gasteiger partial charge on any atom is 0.226 e. The maximum atomic E-state index is 12.3. The van der Waals surface area contributed by atoms with E-state index in [0.29, 0.717) is 18.7 Å². The van der Waals surface area contributed by atoms with Crippen LogP contribution in [0.1, 0.15) is 28.3 Å². The van der Waals surface area contributed by atoms with Gasteiger partial charge in [-0.15, -0.1) is 11.3 Å². The van der Waals surface area contributed by atoms with Gasteiger partial charge in [0.25, 0.3) is 0 Å². The van der Waals surface area contributed by atoms with E-state index in [4.69, 9.17) is 4.74 Å². The molecule has 0 fully saturated rings. The molecule has 3 aromatic rings. The van der Waals surface area contributed by atoms with Gasteiger partial charge in [0, 0.05) is 22.8 Å². The number of thiophene rings is 1. The zero-order valence-corrected chi connectivity index (χ0v) is 14.4. The first-order valence-corrected chi connectivity index (χ1v) is 8.78. The number of anilines is 1. The number of carbonyl (C=O) groups excluding carboxylic acids is 1. The summed E-state index contributed by atoms with van der Waals surface area (Å²) >= 11 is 1.66. The Bertz CT molecular complexity index is 918. The molecule has 1 aliphatic heterocycles. The van der Waals surface area contributed by atoms with Gasteiger partial charge in [-0.2, -0.15) is 5.10 Å². The topological polar surface area (TPSA) is 76.4 Å². The van der Waals surface area contributed by atoms with Crippen LogP contribution in [0.3, 0.4) is 0 Å². The number of nitrogens with one attached hydrogen (secondary N) is 1. The molecule has 2 N–H and O–H groups in total. The Morgan fingerprint density at radius 3 is 3.08 bits per heavy atom. The Morgan fingerprint density at radius 1 is 1.44 bits per heavy atom. The van der Waals surface area contributed by atoms with E-state index in [1.807, 2.05) is 34.5 Å². The minimum absolute atomic E-state index is 0.0440. The van der Waals surface area contributed by atoms with Crippen molar-refractivity contribution in [3.8, 4) is 11.5 Å². The number of hydrogen-bond donors (Lipinski definition) is 2. The van der Waals surface area contributed by atoms with Gasteiger partial charge in [0.15, 0.2) is 11.5 Å². The van der Waals surface area contributed by atoms with E-state index in [0.717, 1.165) is 16.9 Å². The Kier molecular flexibility index (Phi) is 3.93. The number of carbonyl (C=O) groups is 1. The SMILES string of the molecule is COc1cc([C@H]2CC(=O)Nc3c2cnn3Cc2cccs2)ccc1O. The summed E-state index contributed by atoms with van der Waals surface area (Å²) in [4.78, 5) is 13.4. The summed E-state index contributed by atoms with van der Waals surface area (Å²) in [5.74, 6) is 1.06. The summed E-state index contributed by atoms with van der Waals surface area (Å²) in [6, 6.07) is 9.24. The number of nitrogens with zero attached hydrogens (tertiary/aromatic N) is 2. The van der Waals surface area contributed by atoms with E-state index in [2.05, 4.69) is 10.4 Å². The molecule has 0 unspecified atom stereocenters. The number of amides is 1. The Hall–Kier alpha value is -2.80. The minimum Gasteiger partial charge on any atom is -0.504 e. The number of fused-ring (bicyclic) bond motifs is 1. The first-order chi connectivity index (χ1) is 12.2. The number of hydrogen-bond acceptors (Lipinski definition) is 5. The fourth-order valence-corrected chi connectivity index (χ4v) is 3.83. The van der Waals surface area contributed by atoms with E-state index < -0.39 is 0 Å². The fourth-order valence-electron chi connectivity index (χ4n) is 3.15. The van der Waals surface area contributed by atoms with Crippen LogP contribution in [-0.2, 0) is 11.3 Å². The lowest BCUT2D eigenvalue weighted by Crippen LogP contribution is -2.25. The molecule has 6 nitrogen and oxygen atoms in total. The number of aromatic nitrogens is 2. The van der Waals surface area contributed by atoms with Crippen molar-refractivity contribution in [1.82, 2.24) is 9.78 Å². The van der Waals surface area contributed by atoms with E-state index in [-0.39, 0.29) is 17.6 Å². The predicted octanol–water partition coefficient (Wildman–Crippen LogP) is 3.18. The summed E-state index contributed by atoms with van der Waals surface area (Å²) in [5, 5.41) is 19.2. The minimum atomic E-state index is -0.115. The fraction of sp³-hybridized carbons (Fsp3) is 0.222. The second kappa shape index (κ2) is 6.25. The molecule has 1 aliphatic rings. The van der Waals surface area contributed by atoms with Crippen LogP contribution < -0.4 is 10.1 Å². The number of benzene rings is 1. The van der Waals surface area contributed by atoms with Gasteiger partial charge in [-0.1, -0.05) is 12.1 Å². The van der Waals surface area contributed by atoms with Crippen molar-refractivity contribution in [1.29, 1.82) is 0 Å². The largest absolute Gasteiger partial charge is 0.504 e. The Morgan fingerprint density at radius 2 is 2.32 bits per heavy atom. The molecule has 25 heavy (non-hydrogen) atoms. The highest BCUT2D eigenvalue weighted by Crippen LogP contribution is 2.40. The van der Waals surface area contributed by atoms with Crippen LogP contribution in [0.5, 0.6) is 11.5 Å². The first-order valence-electron chi connectivity index (χ1n) is 7.90. The van der Waals surface area contributed by atoms with Gasteiger partial charge in [-0.05, 0) is 29.1 Å². The molecule has 0 radical (unpaired) electrons. The van der Waals surface area contributed by atoms with Gasteiger partial charge in [-0.25, -0.2) is 4.68 Å². The van der Waals surface area contributed by atoms with E-state index in [9.17, 15) is 9.90 Å². The third kappa shape index (κ3) is 2.87. The third-order valence-electron chi connectivity index (χ3n) is 4.38. The molecule has 1 aromatic carbocycles. The van der Waals surface area contributed by atoms with Crippen LogP contribution in [0.4, 0.5) is 5.82 Å². The number of ether oxygens (including phenoxy) is 1. The molecule has 4 rings (SSSR count). The number of methoxy groups -OCH3 is 1. The molecule has 0 bridgehead atoms. The standard InChI is InChI=1S/C18H17N3O3S/c1-24-16-7-11(4-5-15(16)22)13-8-17(23)20-18-14(13)9-19-21(18)10-12-3-2-6-25-12/h2-7,9,13,22H,8,10H2,1H3,(H,20,23)/t13-/m1/s1. The number of rotatable bonds is 4. The van der Waals surface area contributed by atoms with Crippen LogP contribution >= 0.6 is 11.3 Å². The average Bonchev–Trinajstić information content (AvgIpc) is 3.26. The van der Waals surface area contributed by atoms with E-state index in [1.165, 1.54) is 12.0 Å². The number of phenols is 1. The van der Waals surface area contributed by atoms with Crippen molar-refractivity contribution in [2.75, 3.05) is 12.4 Å². The van der Waals surface area contributed by atoms with E-state index >= 15 is 0 Å². The quantitative estimate of drug-likeness (QED) is 0.754. The van der Waals surface area contributed by atoms with Crippen molar-refractivity contribution < 1.29 is 14.6 Å². The van der Waals surface area contributed by atoms with Gasteiger partial charge in [0.05, 0.1) is 19.9 Å². The highest BCUT2D eigenvalue weighted by molar-refractivity contribution is 7.09. The molecule has 2 aromatic heterocycles. The third-order valence-corrected chi connectivity index (χ3v) is 5.24. The second-order valence-corrected chi connectivity index (χ2v) is 6.95. The van der Waals surface area contributed by atoms with Crippen LogP contribution in [0, 0.1) is 0 Å². The van der Waals surface area contributed by atoms with Crippen LogP contribution in [-0.4, -0.2) is 27.9 Å². The lowest BCUT2D eigenvalue weighted by molar-refractivity contribution is -0.116. The summed E-state index contributed by atoms with van der Waals surface area (Å²) < 4.78 is 7.02. The predicted molar refractivity (Wildman–Crippen MR) is 95.4 cm³/mol. The van der Waals surface area contributed by atoms with Crippen molar-refractivity contribution in [3.63, 3.8) is 0 Å². The molecule has 0 spiro atoms. The van der Waals surface area contributed by atoms with Gasteiger partial charge in [-0.3, -0.25) is 4.79 Å². The van der Waals surface area contributed by atoms with Crippen LogP contribution in [0.15, 0.2) is 41.9 Å². The normalized spacial score (nSPS) is 16.4. The zero-order valence-electron chi connectivity index (χ0n) is 13.6. The van der Waals surface area contributed by atoms with Crippen molar-refractivity contribution in [2.24, 2.45) is 0 Å². The molecule has 1 amide bonds. The molecule has 0 saturated carbocycles. The molecule has 1 atom stereocenters. The molecule has 0 aliphatic carbocycles. The van der Waals surface area contributed by atoms with Crippen molar-refractivity contribution >= 4 is 23.1 Å².